The first-order valence-corrected chi connectivity index (χ1v) is 9.20. The van der Waals surface area contributed by atoms with Gasteiger partial charge in [-0.15, -0.1) is 0 Å². The van der Waals surface area contributed by atoms with E-state index < -0.39 is 0 Å². The first-order valence-electron chi connectivity index (χ1n) is 8.12. The largest absolute Gasteiger partial charge is 0.493 e. The van der Waals surface area contributed by atoms with Crippen molar-refractivity contribution >= 4 is 34.2 Å². The molecule has 0 fully saturated rings. The number of hydrogen-bond donors (Lipinski definition) is 1. The number of aromatic nitrogens is 1. The number of ether oxygens (including phenoxy) is 3. The van der Waals surface area contributed by atoms with Crippen LogP contribution in [0.2, 0.25) is 0 Å². The van der Waals surface area contributed by atoms with E-state index in [2.05, 4.69) is 27.9 Å². The van der Waals surface area contributed by atoms with Gasteiger partial charge in [0, 0.05) is 33.3 Å². The number of anilines is 1. The molecule has 3 aromatic rings. The molecular formula is C20H19IN2O4. The van der Waals surface area contributed by atoms with E-state index in [0.717, 1.165) is 9.26 Å². The summed E-state index contributed by atoms with van der Waals surface area (Å²) < 4.78 is 18.9. The van der Waals surface area contributed by atoms with Crippen molar-refractivity contribution in [1.29, 1.82) is 0 Å². The number of nitrogens with one attached hydrogen (secondary N) is 1. The molecule has 0 radical (unpaired) electrons. The van der Waals surface area contributed by atoms with Gasteiger partial charge in [-0.1, -0.05) is 0 Å². The van der Waals surface area contributed by atoms with Gasteiger partial charge in [0.05, 0.1) is 21.3 Å². The molecule has 1 N–H and O–H groups in total. The molecule has 0 aliphatic rings. The lowest BCUT2D eigenvalue weighted by atomic mass is 10.2. The minimum Gasteiger partial charge on any atom is -0.493 e. The van der Waals surface area contributed by atoms with Gasteiger partial charge in [-0.2, -0.15) is 0 Å². The molecule has 0 bridgehead atoms. The highest BCUT2D eigenvalue weighted by molar-refractivity contribution is 14.1. The van der Waals surface area contributed by atoms with Gasteiger partial charge in [0.2, 0.25) is 5.75 Å². The number of amides is 1. The summed E-state index contributed by atoms with van der Waals surface area (Å²) in [6, 6.07) is 14.9. The maximum absolute atomic E-state index is 12.8. The molecule has 0 aliphatic heterocycles. The van der Waals surface area contributed by atoms with Crippen LogP contribution >= 0.6 is 22.6 Å². The van der Waals surface area contributed by atoms with Crippen molar-refractivity contribution in [2.75, 3.05) is 26.6 Å². The number of rotatable bonds is 6. The molecule has 27 heavy (non-hydrogen) atoms. The molecule has 0 atom stereocenters. The van der Waals surface area contributed by atoms with Crippen molar-refractivity contribution in [2.24, 2.45) is 0 Å². The van der Waals surface area contributed by atoms with Gasteiger partial charge in [-0.25, -0.2) is 0 Å². The summed E-state index contributed by atoms with van der Waals surface area (Å²) >= 11 is 2.25. The van der Waals surface area contributed by atoms with Crippen molar-refractivity contribution in [2.45, 2.75) is 0 Å². The van der Waals surface area contributed by atoms with Crippen LogP contribution in [0.3, 0.4) is 0 Å². The van der Waals surface area contributed by atoms with Crippen molar-refractivity contribution in [3.8, 4) is 22.9 Å². The lowest BCUT2D eigenvalue weighted by molar-refractivity contribution is 0.102. The number of halogens is 1. The minimum atomic E-state index is -0.243. The van der Waals surface area contributed by atoms with Gasteiger partial charge >= 0.3 is 0 Å². The fourth-order valence-corrected chi connectivity index (χ4v) is 3.10. The summed E-state index contributed by atoms with van der Waals surface area (Å²) in [5.74, 6) is 1.17. The molecule has 140 valence electrons. The number of hydrogen-bond acceptors (Lipinski definition) is 4. The topological polar surface area (TPSA) is 61.7 Å². The Morgan fingerprint density at radius 1 is 0.963 bits per heavy atom. The van der Waals surface area contributed by atoms with Crippen LogP contribution in [0.1, 0.15) is 10.5 Å². The monoisotopic (exact) mass is 478 g/mol. The van der Waals surface area contributed by atoms with Gasteiger partial charge in [0.25, 0.3) is 5.91 Å². The summed E-state index contributed by atoms with van der Waals surface area (Å²) in [5.41, 5.74) is 1.98. The highest BCUT2D eigenvalue weighted by atomic mass is 127. The third kappa shape index (κ3) is 4.02. The first-order chi connectivity index (χ1) is 13.1. The second-order valence-corrected chi connectivity index (χ2v) is 6.85. The summed E-state index contributed by atoms with van der Waals surface area (Å²) in [6.07, 6.45) is 1.85. The summed E-state index contributed by atoms with van der Waals surface area (Å²) in [5, 5.41) is 2.89. The average molecular weight is 478 g/mol. The highest BCUT2D eigenvalue weighted by Crippen LogP contribution is 2.40. The second-order valence-electron chi connectivity index (χ2n) is 5.61. The second kappa shape index (κ2) is 8.34. The molecule has 1 amide bonds. The van der Waals surface area contributed by atoms with E-state index in [1.54, 1.807) is 18.2 Å². The minimum absolute atomic E-state index is 0.243. The Balaban J connectivity index is 1.91. The van der Waals surface area contributed by atoms with Crippen molar-refractivity contribution < 1.29 is 19.0 Å². The lowest BCUT2D eigenvalue weighted by Gasteiger charge is -2.15. The van der Waals surface area contributed by atoms with Crippen LogP contribution in [0.4, 0.5) is 5.69 Å². The Kier molecular flexibility index (Phi) is 5.90. The van der Waals surface area contributed by atoms with E-state index in [1.807, 2.05) is 41.1 Å². The van der Waals surface area contributed by atoms with Crippen LogP contribution in [0.5, 0.6) is 17.2 Å². The third-order valence-electron chi connectivity index (χ3n) is 4.01. The van der Waals surface area contributed by atoms with Crippen LogP contribution in [-0.4, -0.2) is 31.8 Å². The molecule has 3 rings (SSSR count). The van der Waals surface area contributed by atoms with Crippen LogP contribution in [0.25, 0.3) is 5.69 Å². The fourth-order valence-electron chi connectivity index (χ4n) is 2.74. The maximum atomic E-state index is 12.8. The van der Waals surface area contributed by atoms with Crippen LogP contribution in [-0.2, 0) is 0 Å². The van der Waals surface area contributed by atoms with E-state index in [1.165, 1.54) is 21.3 Å². The maximum Gasteiger partial charge on any atom is 0.272 e. The summed E-state index contributed by atoms with van der Waals surface area (Å²) in [6.45, 7) is 0. The van der Waals surface area contributed by atoms with Crippen molar-refractivity contribution in [3.63, 3.8) is 0 Å². The number of methoxy groups -OCH3 is 3. The van der Waals surface area contributed by atoms with Gasteiger partial charge in [-0.05, 0) is 59.0 Å². The Morgan fingerprint density at radius 3 is 2.15 bits per heavy atom. The molecule has 1 heterocycles. The SMILES string of the molecule is COc1cc(NC(=O)c2cccn2-c2ccc(I)cc2)cc(OC)c1OC. The molecule has 7 heteroatoms. The fraction of sp³-hybridized carbons (Fsp3) is 0.150. The van der Waals surface area contributed by atoms with Crippen LogP contribution in [0, 0.1) is 3.57 Å². The normalized spacial score (nSPS) is 10.4. The standard InChI is InChI=1S/C20H19IN2O4/c1-25-17-11-14(12-18(26-2)19(17)27-3)22-20(24)16-5-4-10-23(16)15-8-6-13(21)7-9-15/h4-12H,1-3H3,(H,22,24). The van der Waals surface area contributed by atoms with Gasteiger partial charge in [0.15, 0.2) is 11.5 Å². The lowest BCUT2D eigenvalue weighted by Crippen LogP contribution is -2.16. The van der Waals surface area contributed by atoms with Gasteiger partial charge < -0.3 is 24.1 Å². The molecule has 2 aromatic carbocycles. The van der Waals surface area contributed by atoms with E-state index >= 15 is 0 Å². The average Bonchev–Trinajstić information content (AvgIpc) is 3.17. The molecule has 0 saturated carbocycles. The zero-order valence-corrected chi connectivity index (χ0v) is 17.3. The number of nitrogens with zero attached hydrogens (tertiary/aromatic N) is 1. The first kappa shape index (κ1) is 19.1. The van der Waals surface area contributed by atoms with E-state index in [0.29, 0.717) is 28.6 Å². The van der Waals surface area contributed by atoms with Crippen molar-refractivity contribution in [3.05, 3.63) is 64.0 Å². The smallest absolute Gasteiger partial charge is 0.272 e. The molecule has 6 nitrogen and oxygen atoms in total. The van der Waals surface area contributed by atoms with E-state index in [-0.39, 0.29) is 5.91 Å². The third-order valence-corrected chi connectivity index (χ3v) is 4.73. The van der Waals surface area contributed by atoms with E-state index in [4.69, 9.17) is 14.2 Å². The van der Waals surface area contributed by atoms with E-state index in [9.17, 15) is 4.79 Å². The Morgan fingerprint density at radius 2 is 1.59 bits per heavy atom. The quantitative estimate of drug-likeness (QED) is 0.535. The zero-order valence-electron chi connectivity index (χ0n) is 15.2. The molecule has 0 aliphatic carbocycles. The molecular weight excluding hydrogens is 459 g/mol. The molecule has 0 spiro atoms. The number of benzene rings is 2. The number of carbonyl (C=O) groups excluding carboxylic acids is 1. The molecule has 0 unspecified atom stereocenters. The highest BCUT2D eigenvalue weighted by Gasteiger charge is 2.17. The van der Waals surface area contributed by atoms with Crippen LogP contribution < -0.4 is 19.5 Å². The Hall–Kier alpha value is -2.68. The van der Waals surface area contributed by atoms with Crippen LogP contribution in [0.15, 0.2) is 54.7 Å². The van der Waals surface area contributed by atoms with Crippen molar-refractivity contribution in [1.82, 2.24) is 4.57 Å². The Labute approximate surface area is 171 Å². The van der Waals surface area contributed by atoms with Gasteiger partial charge in [-0.3, -0.25) is 4.79 Å². The summed E-state index contributed by atoms with van der Waals surface area (Å²) in [7, 11) is 4.60. The van der Waals surface area contributed by atoms with Gasteiger partial charge in [0.1, 0.15) is 5.69 Å². The molecule has 1 aromatic heterocycles. The molecule has 0 saturated heterocycles. The predicted octanol–water partition coefficient (Wildman–Crippen LogP) is 4.36. The summed E-state index contributed by atoms with van der Waals surface area (Å²) in [4.78, 5) is 12.8. The predicted molar refractivity (Wildman–Crippen MR) is 113 cm³/mol. The number of carbonyl (C=O) groups is 1. The Bertz CT molecular complexity index is 926. The zero-order chi connectivity index (χ0) is 19.4.